The fourth-order valence-corrected chi connectivity index (χ4v) is 5.23. The number of nitrogens with one attached hydrogen (secondary N) is 1. The first-order chi connectivity index (χ1) is 12.9. The minimum atomic E-state index is -3.82. The SMILES string of the molecule is O=C(OCc1ccccc1)C1(NP(=O)(Cl)Oc2ccc(Cl)cc2)CCCC1. The highest BCUT2D eigenvalue weighted by Crippen LogP contribution is 2.52. The van der Waals surface area contributed by atoms with Gasteiger partial charge in [0.05, 0.1) is 0 Å². The molecule has 0 amide bonds. The molecule has 1 N–H and O–H groups in total. The second-order valence-corrected chi connectivity index (χ2v) is 9.62. The third-order valence-corrected chi connectivity index (χ3v) is 6.30. The highest BCUT2D eigenvalue weighted by molar-refractivity contribution is 7.84. The maximum absolute atomic E-state index is 12.8. The van der Waals surface area contributed by atoms with Crippen LogP contribution in [0.2, 0.25) is 5.02 Å². The topological polar surface area (TPSA) is 64.6 Å². The number of hydrogen-bond donors (Lipinski definition) is 1. The standard InChI is InChI=1S/C19H20Cl2NO4P/c20-16-8-10-17(11-9-16)26-27(21,24)22-19(12-4-5-13-19)18(23)25-14-15-6-2-1-3-7-15/h1-3,6-11H,4-5,12-14H2,(H,22,24). The number of halogens is 2. The molecule has 1 aliphatic carbocycles. The molecular formula is C19H20Cl2NO4P. The van der Waals surface area contributed by atoms with Gasteiger partial charge < -0.3 is 9.26 Å². The first kappa shape index (κ1) is 20.2. The van der Waals surface area contributed by atoms with Gasteiger partial charge in [0, 0.05) is 16.3 Å². The van der Waals surface area contributed by atoms with Crippen molar-refractivity contribution in [3.8, 4) is 5.75 Å². The number of benzene rings is 2. The largest absolute Gasteiger partial charge is 0.459 e. The summed E-state index contributed by atoms with van der Waals surface area (Å²) in [5.74, 6) is -0.166. The lowest BCUT2D eigenvalue weighted by Crippen LogP contribution is -2.49. The number of carbonyl (C=O) groups is 1. The van der Waals surface area contributed by atoms with Gasteiger partial charge in [-0.2, -0.15) is 0 Å². The van der Waals surface area contributed by atoms with E-state index in [-0.39, 0.29) is 6.61 Å². The van der Waals surface area contributed by atoms with Gasteiger partial charge in [-0.1, -0.05) is 54.8 Å². The van der Waals surface area contributed by atoms with Crippen molar-refractivity contribution >= 4 is 35.7 Å². The maximum Gasteiger partial charge on any atom is 0.410 e. The van der Waals surface area contributed by atoms with Crippen LogP contribution in [0.5, 0.6) is 5.75 Å². The highest BCUT2D eigenvalue weighted by Gasteiger charge is 2.47. The maximum atomic E-state index is 12.8. The molecule has 144 valence electrons. The Bertz CT molecular complexity index is 823. The van der Waals surface area contributed by atoms with Crippen LogP contribution in [-0.4, -0.2) is 11.5 Å². The monoisotopic (exact) mass is 427 g/mol. The summed E-state index contributed by atoms with van der Waals surface area (Å²) < 4.78 is 23.7. The van der Waals surface area contributed by atoms with E-state index >= 15 is 0 Å². The van der Waals surface area contributed by atoms with E-state index in [1.54, 1.807) is 24.3 Å². The van der Waals surface area contributed by atoms with E-state index < -0.39 is 18.4 Å². The van der Waals surface area contributed by atoms with Gasteiger partial charge in [-0.25, -0.2) is 9.65 Å². The quantitative estimate of drug-likeness (QED) is 0.452. The van der Waals surface area contributed by atoms with E-state index in [9.17, 15) is 9.36 Å². The van der Waals surface area contributed by atoms with Crippen LogP contribution >= 0.6 is 29.7 Å². The lowest BCUT2D eigenvalue weighted by atomic mass is 10.00. The molecule has 1 aliphatic rings. The van der Waals surface area contributed by atoms with E-state index in [0.717, 1.165) is 18.4 Å². The van der Waals surface area contributed by atoms with Gasteiger partial charge >= 0.3 is 12.8 Å². The van der Waals surface area contributed by atoms with Crippen molar-refractivity contribution in [1.29, 1.82) is 0 Å². The predicted molar refractivity (Wildman–Crippen MR) is 106 cm³/mol. The van der Waals surface area contributed by atoms with Crippen LogP contribution in [0.1, 0.15) is 31.2 Å². The molecule has 1 fully saturated rings. The second-order valence-electron chi connectivity index (χ2n) is 6.49. The molecule has 5 nitrogen and oxygen atoms in total. The van der Waals surface area contributed by atoms with E-state index in [2.05, 4.69) is 5.09 Å². The summed E-state index contributed by atoms with van der Waals surface area (Å²) in [6.07, 6.45) is 2.60. The first-order valence-corrected chi connectivity index (χ1v) is 11.5. The summed E-state index contributed by atoms with van der Waals surface area (Å²) in [6.45, 7) is -3.67. The molecule has 0 aromatic heterocycles. The number of carbonyl (C=O) groups excluding carboxylic acids is 1. The number of esters is 1. The Kier molecular flexibility index (Phi) is 6.48. The van der Waals surface area contributed by atoms with E-state index in [1.165, 1.54) is 0 Å². The Morgan fingerprint density at radius 3 is 2.33 bits per heavy atom. The molecule has 0 saturated heterocycles. The zero-order chi connectivity index (χ0) is 19.3. The molecule has 1 unspecified atom stereocenters. The number of rotatable bonds is 7. The fraction of sp³-hybridized carbons (Fsp3) is 0.316. The van der Waals surface area contributed by atoms with Crippen LogP contribution in [0.3, 0.4) is 0 Å². The molecule has 0 heterocycles. The summed E-state index contributed by atoms with van der Waals surface area (Å²) in [5.41, 5.74) is -0.233. The van der Waals surface area contributed by atoms with Crippen LogP contribution in [0.4, 0.5) is 0 Å². The van der Waals surface area contributed by atoms with Crippen molar-refractivity contribution < 1.29 is 18.6 Å². The molecule has 2 aromatic rings. The van der Waals surface area contributed by atoms with Gasteiger partial charge in [0.2, 0.25) is 0 Å². The van der Waals surface area contributed by atoms with Crippen molar-refractivity contribution in [2.75, 3.05) is 0 Å². The summed E-state index contributed by atoms with van der Waals surface area (Å²) in [5, 5.41) is 3.28. The van der Waals surface area contributed by atoms with Gasteiger partial charge in [-0.05, 0) is 42.7 Å². The minimum Gasteiger partial charge on any atom is -0.459 e. The van der Waals surface area contributed by atoms with Crippen molar-refractivity contribution in [2.24, 2.45) is 0 Å². The fourth-order valence-electron chi connectivity index (χ4n) is 3.11. The van der Waals surface area contributed by atoms with E-state index in [0.29, 0.717) is 23.6 Å². The Balaban J connectivity index is 1.68. The molecule has 0 bridgehead atoms. The van der Waals surface area contributed by atoms with Crippen LogP contribution in [0.25, 0.3) is 0 Å². The molecule has 3 rings (SSSR count). The van der Waals surface area contributed by atoms with Gasteiger partial charge in [0.15, 0.2) is 0 Å². The van der Waals surface area contributed by atoms with Crippen molar-refractivity contribution in [1.82, 2.24) is 5.09 Å². The molecule has 0 radical (unpaired) electrons. The average molecular weight is 428 g/mol. The van der Waals surface area contributed by atoms with Crippen LogP contribution in [0, 0.1) is 0 Å². The summed E-state index contributed by atoms with van der Waals surface area (Å²) in [4.78, 5) is 12.8. The number of hydrogen-bond acceptors (Lipinski definition) is 4. The minimum absolute atomic E-state index is 0.147. The van der Waals surface area contributed by atoms with Crippen molar-refractivity contribution in [2.45, 2.75) is 37.8 Å². The smallest absolute Gasteiger partial charge is 0.410 e. The molecule has 0 spiro atoms. The van der Waals surface area contributed by atoms with Crippen molar-refractivity contribution in [3.05, 3.63) is 65.2 Å². The van der Waals surface area contributed by atoms with Gasteiger partial charge in [-0.3, -0.25) is 4.79 Å². The third kappa shape index (κ3) is 5.49. The first-order valence-electron chi connectivity index (χ1n) is 8.64. The lowest BCUT2D eigenvalue weighted by Gasteiger charge is -2.29. The van der Waals surface area contributed by atoms with Gasteiger partial charge in [-0.15, -0.1) is 0 Å². The zero-order valence-electron chi connectivity index (χ0n) is 14.6. The molecule has 2 aromatic carbocycles. The summed E-state index contributed by atoms with van der Waals surface area (Å²) >= 11 is 12.0. The Morgan fingerprint density at radius 2 is 1.70 bits per heavy atom. The van der Waals surface area contributed by atoms with E-state index in [4.69, 9.17) is 32.1 Å². The van der Waals surface area contributed by atoms with Crippen LogP contribution in [0.15, 0.2) is 54.6 Å². The molecule has 0 aliphatic heterocycles. The summed E-state index contributed by atoms with van der Waals surface area (Å²) in [7, 11) is 0. The Hall–Kier alpha value is -1.52. The van der Waals surface area contributed by atoms with Crippen LogP contribution in [-0.2, 0) is 20.7 Å². The van der Waals surface area contributed by atoms with Crippen LogP contribution < -0.4 is 9.61 Å². The second kappa shape index (κ2) is 8.66. The number of ether oxygens (including phenoxy) is 1. The Labute approximate surface area is 168 Å². The lowest BCUT2D eigenvalue weighted by molar-refractivity contribution is -0.152. The molecule has 1 atom stereocenters. The normalized spacial score (nSPS) is 17.9. The molecule has 8 heteroatoms. The van der Waals surface area contributed by atoms with Gasteiger partial charge in [0.25, 0.3) is 0 Å². The third-order valence-electron chi connectivity index (χ3n) is 4.44. The average Bonchev–Trinajstić information content (AvgIpc) is 3.11. The predicted octanol–water partition coefficient (Wildman–Crippen LogP) is 5.71. The van der Waals surface area contributed by atoms with Gasteiger partial charge in [0.1, 0.15) is 17.9 Å². The zero-order valence-corrected chi connectivity index (χ0v) is 17.0. The molecule has 1 saturated carbocycles. The highest BCUT2D eigenvalue weighted by atomic mass is 35.7. The van der Waals surface area contributed by atoms with Crippen molar-refractivity contribution in [3.63, 3.8) is 0 Å². The molecule has 27 heavy (non-hydrogen) atoms. The summed E-state index contributed by atoms with van der Waals surface area (Å²) in [6, 6.07) is 15.7. The Morgan fingerprint density at radius 1 is 1.07 bits per heavy atom. The van der Waals surface area contributed by atoms with E-state index in [1.807, 2.05) is 30.3 Å². The molecular weight excluding hydrogens is 408 g/mol.